The molecule has 3 nitrogen and oxygen atoms in total. The number of carbonyl (C=O) groups excluding carboxylic acids is 1. The SMILES string of the molecule is CC1CCCC(N)(C(=O)Nc2ccsc2)C1. The van der Waals surface area contributed by atoms with Gasteiger partial charge in [0.05, 0.1) is 11.2 Å². The quantitative estimate of drug-likeness (QED) is 0.832. The van der Waals surface area contributed by atoms with Gasteiger partial charge in [-0.05, 0) is 30.2 Å². The lowest BCUT2D eigenvalue weighted by Gasteiger charge is -2.35. The molecule has 1 fully saturated rings. The molecule has 1 aromatic rings. The zero-order valence-electron chi connectivity index (χ0n) is 9.53. The van der Waals surface area contributed by atoms with Gasteiger partial charge in [0.1, 0.15) is 0 Å². The van der Waals surface area contributed by atoms with Crippen LogP contribution in [-0.4, -0.2) is 11.4 Å². The van der Waals surface area contributed by atoms with E-state index in [0.29, 0.717) is 5.92 Å². The van der Waals surface area contributed by atoms with Gasteiger partial charge in [0.25, 0.3) is 0 Å². The Bertz CT molecular complexity index is 363. The maximum Gasteiger partial charge on any atom is 0.244 e. The number of nitrogens with two attached hydrogens (primary N) is 1. The molecule has 4 heteroatoms. The van der Waals surface area contributed by atoms with Crippen molar-refractivity contribution in [3.8, 4) is 0 Å². The number of nitrogens with one attached hydrogen (secondary N) is 1. The summed E-state index contributed by atoms with van der Waals surface area (Å²) in [5.41, 5.74) is 6.39. The number of anilines is 1. The molecule has 1 heterocycles. The minimum atomic E-state index is -0.667. The molecule has 0 radical (unpaired) electrons. The second-order valence-electron chi connectivity index (χ2n) is 4.82. The smallest absolute Gasteiger partial charge is 0.244 e. The highest BCUT2D eigenvalue weighted by molar-refractivity contribution is 7.08. The van der Waals surface area contributed by atoms with Crippen LogP contribution >= 0.6 is 11.3 Å². The van der Waals surface area contributed by atoms with Gasteiger partial charge in [-0.15, -0.1) is 0 Å². The molecule has 0 saturated heterocycles. The van der Waals surface area contributed by atoms with Gasteiger partial charge >= 0.3 is 0 Å². The van der Waals surface area contributed by atoms with Gasteiger partial charge in [-0.1, -0.05) is 19.8 Å². The van der Waals surface area contributed by atoms with Crippen molar-refractivity contribution >= 4 is 22.9 Å². The van der Waals surface area contributed by atoms with Crippen molar-refractivity contribution < 1.29 is 4.79 Å². The van der Waals surface area contributed by atoms with Crippen LogP contribution in [0.1, 0.15) is 32.6 Å². The zero-order valence-corrected chi connectivity index (χ0v) is 10.3. The first-order chi connectivity index (χ1) is 7.60. The molecule has 0 aromatic carbocycles. The number of thiophene rings is 1. The van der Waals surface area contributed by atoms with Gasteiger partial charge in [0.2, 0.25) is 5.91 Å². The van der Waals surface area contributed by atoms with Gasteiger partial charge < -0.3 is 11.1 Å². The summed E-state index contributed by atoms with van der Waals surface area (Å²) >= 11 is 1.57. The van der Waals surface area contributed by atoms with Crippen LogP contribution in [0.3, 0.4) is 0 Å². The fourth-order valence-electron chi connectivity index (χ4n) is 2.39. The molecular formula is C12H18N2OS. The second kappa shape index (κ2) is 4.55. The van der Waals surface area contributed by atoms with Gasteiger partial charge in [-0.3, -0.25) is 4.79 Å². The third-order valence-corrected chi connectivity index (χ3v) is 3.95. The van der Waals surface area contributed by atoms with E-state index in [0.717, 1.165) is 24.9 Å². The van der Waals surface area contributed by atoms with Crippen LogP contribution in [-0.2, 0) is 4.79 Å². The van der Waals surface area contributed by atoms with Crippen LogP contribution in [0, 0.1) is 5.92 Å². The van der Waals surface area contributed by atoms with E-state index in [-0.39, 0.29) is 5.91 Å². The molecule has 2 rings (SSSR count). The molecular weight excluding hydrogens is 220 g/mol. The Balaban J connectivity index is 2.02. The standard InChI is InChI=1S/C12H18N2OS/c1-9-3-2-5-12(13,7-9)11(15)14-10-4-6-16-8-10/h4,6,8-9H,2-3,5,7,13H2,1H3,(H,14,15). The maximum absolute atomic E-state index is 12.1. The first-order valence-electron chi connectivity index (χ1n) is 5.73. The summed E-state index contributed by atoms with van der Waals surface area (Å²) in [6, 6.07) is 1.90. The van der Waals surface area contributed by atoms with E-state index in [1.54, 1.807) is 11.3 Å². The summed E-state index contributed by atoms with van der Waals surface area (Å²) in [5.74, 6) is 0.518. The first-order valence-corrected chi connectivity index (χ1v) is 6.67. The van der Waals surface area contributed by atoms with Crippen LogP contribution in [0.25, 0.3) is 0 Å². The molecule has 1 aliphatic carbocycles. The van der Waals surface area contributed by atoms with E-state index in [1.807, 2.05) is 16.8 Å². The third kappa shape index (κ3) is 2.44. The van der Waals surface area contributed by atoms with Crippen molar-refractivity contribution in [2.24, 2.45) is 11.7 Å². The second-order valence-corrected chi connectivity index (χ2v) is 5.60. The number of hydrogen-bond donors (Lipinski definition) is 2. The number of rotatable bonds is 2. The van der Waals surface area contributed by atoms with Crippen molar-refractivity contribution in [2.45, 2.75) is 38.1 Å². The van der Waals surface area contributed by atoms with Crippen molar-refractivity contribution in [2.75, 3.05) is 5.32 Å². The Labute approximate surface area is 100 Å². The van der Waals surface area contributed by atoms with Crippen LogP contribution in [0.4, 0.5) is 5.69 Å². The van der Waals surface area contributed by atoms with Gasteiger partial charge in [-0.25, -0.2) is 0 Å². The van der Waals surface area contributed by atoms with Crippen LogP contribution in [0.15, 0.2) is 16.8 Å². The predicted octanol–water partition coefficient (Wildman–Crippen LogP) is 2.59. The summed E-state index contributed by atoms with van der Waals surface area (Å²) in [7, 11) is 0. The molecule has 1 aliphatic rings. The van der Waals surface area contributed by atoms with E-state index in [1.165, 1.54) is 6.42 Å². The summed E-state index contributed by atoms with van der Waals surface area (Å²) < 4.78 is 0. The van der Waals surface area contributed by atoms with Crippen molar-refractivity contribution in [1.29, 1.82) is 0 Å². The fourth-order valence-corrected chi connectivity index (χ4v) is 2.98. The molecule has 0 aliphatic heterocycles. The molecule has 2 atom stereocenters. The minimum absolute atomic E-state index is 0.0301. The number of amides is 1. The first kappa shape index (κ1) is 11.6. The largest absolute Gasteiger partial charge is 0.324 e. The summed E-state index contributed by atoms with van der Waals surface area (Å²) in [6.07, 6.45) is 3.83. The summed E-state index contributed by atoms with van der Waals surface area (Å²) in [4.78, 5) is 12.1. The Morgan fingerprint density at radius 2 is 2.50 bits per heavy atom. The van der Waals surface area contributed by atoms with Gasteiger partial charge in [0.15, 0.2) is 0 Å². The molecule has 1 amide bonds. The van der Waals surface area contributed by atoms with Crippen molar-refractivity contribution in [3.63, 3.8) is 0 Å². The molecule has 0 bridgehead atoms. The Hall–Kier alpha value is -0.870. The lowest BCUT2D eigenvalue weighted by molar-refractivity contribution is -0.122. The third-order valence-electron chi connectivity index (χ3n) is 3.26. The lowest BCUT2D eigenvalue weighted by Crippen LogP contribution is -2.53. The highest BCUT2D eigenvalue weighted by Gasteiger charge is 2.37. The van der Waals surface area contributed by atoms with Crippen LogP contribution < -0.4 is 11.1 Å². The van der Waals surface area contributed by atoms with E-state index in [9.17, 15) is 4.79 Å². The average Bonchev–Trinajstić information content (AvgIpc) is 2.70. The monoisotopic (exact) mass is 238 g/mol. The number of carbonyl (C=O) groups is 1. The topological polar surface area (TPSA) is 55.1 Å². The number of hydrogen-bond acceptors (Lipinski definition) is 3. The highest BCUT2D eigenvalue weighted by Crippen LogP contribution is 2.31. The van der Waals surface area contributed by atoms with E-state index in [4.69, 9.17) is 5.73 Å². The van der Waals surface area contributed by atoms with Gasteiger partial charge in [0, 0.05) is 5.38 Å². The zero-order chi connectivity index (χ0) is 11.6. The predicted molar refractivity (Wildman–Crippen MR) is 67.5 cm³/mol. The maximum atomic E-state index is 12.1. The summed E-state index contributed by atoms with van der Waals surface area (Å²) in [5, 5.41) is 6.77. The van der Waals surface area contributed by atoms with Gasteiger partial charge in [-0.2, -0.15) is 11.3 Å². The highest BCUT2D eigenvalue weighted by atomic mass is 32.1. The van der Waals surface area contributed by atoms with Crippen molar-refractivity contribution in [1.82, 2.24) is 0 Å². The molecule has 88 valence electrons. The van der Waals surface area contributed by atoms with E-state index >= 15 is 0 Å². The lowest BCUT2D eigenvalue weighted by atomic mass is 9.76. The summed E-state index contributed by atoms with van der Waals surface area (Å²) in [6.45, 7) is 2.17. The molecule has 2 unspecified atom stereocenters. The van der Waals surface area contributed by atoms with Crippen LogP contribution in [0.5, 0.6) is 0 Å². The van der Waals surface area contributed by atoms with Crippen molar-refractivity contribution in [3.05, 3.63) is 16.8 Å². The molecule has 16 heavy (non-hydrogen) atoms. The normalized spacial score (nSPS) is 30.0. The Morgan fingerprint density at radius 1 is 1.69 bits per heavy atom. The minimum Gasteiger partial charge on any atom is -0.324 e. The Morgan fingerprint density at radius 3 is 3.12 bits per heavy atom. The molecule has 1 aromatic heterocycles. The van der Waals surface area contributed by atoms with Crippen LogP contribution in [0.2, 0.25) is 0 Å². The van der Waals surface area contributed by atoms with E-state index in [2.05, 4.69) is 12.2 Å². The molecule has 1 saturated carbocycles. The molecule has 0 spiro atoms. The Kier molecular flexibility index (Phi) is 3.30. The fraction of sp³-hybridized carbons (Fsp3) is 0.583. The molecule has 3 N–H and O–H groups in total. The average molecular weight is 238 g/mol. The van der Waals surface area contributed by atoms with E-state index < -0.39 is 5.54 Å².